The molecule has 1 fully saturated rings. The molecule has 1 amide bonds. The summed E-state index contributed by atoms with van der Waals surface area (Å²) in [6.45, 7) is 1.80. The predicted octanol–water partition coefficient (Wildman–Crippen LogP) is 4.38. The summed E-state index contributed by atoms with van der Waals surface area (Å²) in [5, 5.41) is 11.1. The van der Waals surface area contributed by atoms with E-state index in [0.717, 1.165) is 42.3 Å². The van der Waals surface area contributed by atoms with Crippen LogP contribution in [0.2, 0.25) is 0 Å². The van der Waals surface area contributed by atoms with Gasteiger partial charge in [-0.2, -0.15) is 0 Å². The van der Waals surface area contributed by atoms with Crippen LogP contribution >= 0.6 is 11.8 Å². The summed E-state index contributed by atoms with van der Waals surface area (Å²) in [5.41, 5.74) is 0.937. The molecule has 2 aromatic carbocycles. The summed E-state index contributed by atoms with van der Waals surface area (Å²) in [5.74, 6) is 1.41. The summed E-state index contributed by atoms with van der Waals surface area (Å²) in [6, 6.07) is 14.2. The minimum absolute atomic E-state index is 0.228. The molecule has 1 aliphatic heterocycles. The molecule has 0 atom stereocenters. The molecule has 4 rings (SSSR count). The number of piperidine rings is 1. The number of hydrogen-bond acceptors (Lipinski definition) is 5. The lowest BCUT2D eigenvalue weighted by molar-refractivity contribution is -0.131. The summed E-state index contributed by atoms with van der Waals surface area (Å²) in [4.78, 5) is 14.2. The maximum atomic E-state index is 12.2. The van der Waals surface area contributed by atoms with Crippen LogP contribution in [-0.4, -0.2) is 39.8 Å². The fourth-order valence-corrected chi connectivity index (χ4v) is 4.00. The third kappa shape index (κ3) is 3.75. The summed E-state index contributed by atoms with van der Waals surface area (Å²) in [6.07, 6.45) is 3.99. The maximum absolute atomic E-state index is 12.2. The lowest BCUT2D eigenvalue weighted by Gasteiger charge is -2.26. The van der Waals surface area contributed by atoms with Crippen molar-refractivity contribution in [3.8, 4) is 11.5 Å². The first kappa shape index (κ1) is 17.1. The summed E-state index contributed by atoms with van der Waals surface area (Å²) < 4.78 is 5.82. The molecule has 0 aliphatic carbocycles. The third-order valence-electron chi connectivity index (χ3n) is 4.68. The molecule has 26 heavy (non-hydrogen) atoms. The second kappa shape index (κ2) is 7.91. The van der Waals surface area contributed by atoms with Crippen molar-refractivity contribution in [2.24, 2.45) is 0 Å². The van der Waals surface area contributed by atoms with Crippen LogP contribution < -0.4 is 0 Å². The maximum Gasteiger partial charge on any atom is 0.276 e. The van der Waals surface area contributed by atoms with Crippen molar-refractivity contribution in [2.75, 3.05) is 18.8 Å². The number of thioether (sulfide) groups is 1. The fourth-order valence-electron chi connectivity index (χ4n) is 3.32. The van der Waals surface area contributed by atoms with Gasteiger partial charge < -0.3 is 9.32 Å². The van der Waals surface area contributed by atoms with Gasteiger partial charge in [0.2, 0.25) is 11.8 Å². The molecule has 2 heterocycles. The first-order chi connectivity index (χ1) is 12.8. The molecule has 1 aliphatic rings. The quantitative estimate of drug-likeness (QED) is 0.626. The predicted molar refractivity (Wildman–Crippen MR) is 103 cm³/mol. The van der Waals surface area contributed by atoms with Crippen LogP contribution in [0.25, 0.3) is 22.2 Å². The van der Waals surface area contributed by atoms with E-state index in [2.05, 4.69) is 28.4 Å². The zero-order valence-corrected chi connectivity index (χ0v) is 15.4. The molecular formula is C20H21N3O2S. The van der Waals surface area contributed by atoms with Crippen LogP contribution in [-0.2, 0) is 4.79 Å². The average Bonchev–Trinajstić information content (AvgIpc) is 3.17. The number of amides is 1. The molecule has 0 saturated carbocycles. The number of nitrogens with zero attached hydrogens (tertiary/aromatic N) is 3. The smallest absolute Gasteiger partial charge is 0.276 e. The number of carbonyl (C=O) groups excluding carboxylic acids is 1. The van der Waals surface area contributed by atoms with Crippen molar-refractivity contribution in [2.45, 2.75) is 30.9 Å². The van der Waals surface area contributed by atoms with Crippen LogP contribution in [0, 0.1) is 0 Å². The van der Waals surface area contributed by atoms with Crippen molar-refractivity contribution >= 4 is 28.4 Å². The van der Waals surface area contributed by atoms with Gasteiger partial charge in [0.15, 0.2) is 0 Å². The fraction of sp³-hybridized carbons (Fsp3) is 0.350. The van der Waals surface area contributed by atoms with E-state index in [0.29, 0.717) is 23.3 Å². The van der Waals surface area contributed by atoms with Crippen LogP contribution in [0.3, 0.4) is 0 Å². The number of aromatic nitrogens is 2. The van der Waals surface area contributed by atoms with Gasteiger partial charge in [-0.15, -0.1) is 10.2 Å². The van der Waals surface area contributed by atoms with Gasteiger partial charge in [0, 0.05) is 30.8 Å². The minimum Gasteiger partial charge on any atom is -0.411 e. The highest BCUT2D eigenvalue weighted by molar-refractivity contribution is 7.99. The van der Waals surface area contributed by atoms with Crippen LogP contribution in [0.4, 0.5) is 0 Å². The standard InChI is InChI=1S/C20H21N3O2S/c24-18(23-12-4-1-5-13-23)11-14-26-20-22-21-19(25-20)17-10-6-8-15-7-2-3-9-16(15)17/h2-3,6-10H,1,4-5,11-14H2. The average molecular weight is 367 g/mol. The molecule has 134 valence electrons. The van der Waals surface area contributed by atoms with E-state index in [1.807, 2.05) is 29.2 Å². The van der Waals surface area contributed by atoms with E-state index in [1.165, 1.54) is 18.2 Å². The molecule has 3 aromatic rings. The monoisotopic (exact) mass is 367 g/mol. The Kier molecular flexibility index (Phi) is 5.20. The molecule has 5 nitrogen and oxygen atoms in total. The molecule has 1 aromatic heterocycles. The number of carbonyl (C=O) groups is 1. The molecule has 1 saturated heterocycles. The highest BCUT2D eigenvalue weighted by Gasteiger charge is 2.17. The Labute approximate surface area is 156 Å². The van der Waals surface area contributed by atoms with E-state index in [9.17, 15) is 4.79 Å². The molecule has 6 heteroatoms. The third-order valence-corrected chi connectivity index (χ3v) is 5.50. The minimum atomic E-state index is 0.228. The lowest BCUT2D eigenvalue weighted by Crippen LogP contribution is -2.35. The van der Waals surface area contributed by atoms with E-state index < -0.39 is 0 Å². The molecule has 0 radical (unpaired) electrons. The van der Waals surface area contributed by atoms with Gasteiger partial charge in [-0.05, 0) is 36.1 Å². The Morgan fingerprint density at radius 3 is 2.73 bits per heavy atom. The SMILES string of the molecule is O=C(CCSc1nnc(-c2cccc3ccccc23)o1)N1CCCCC1. The molecule has 0 bridgehead atoms. The van der Waals surface area contributed by atoms with Gasteiger partial charge in [-0.1, -0.05) is 48.2 Å². The van der Waals surface area contributed by atoms with E-state index in [-0.39, 0.29) is 5.91 Å². The van der Waals surface area contributed by atoms with Crippen molar-refractivity contribution in [3.05, 3.63) is 42.5 Å². The van der Waals surface area contributed by atoms with Gasteiger partial charge in [0.25, 0.3) is 5.22 Å². The topological polar surface area (TPSA) is 59.2 Å². The highest BCUT2D eigenvalue weighted by Crippen LogP contribution is 2.29. The Morgan fingerprint density at radius 1 is 1.04 bits per heavy atom. The summed E-state index contributed by atoms with van der Waals surface area (Å²) >= 11 is 1.45. The van der Waals surface area contributed by atoms with Crippen molar-refractivity contribution in [3.63, 3.8) is 0 Å². The first-order valence-electron chi connectivity index (χ1n) is 9.03. The number of hydrogen-bond donors (Lipinski definition) is 0. The lowest BCUT2D eigenvalue weighted by atomic mass is 10.0. The van der Waals surface area contributed by atoms with Crippen molar-refractivity contribution in [1.82, 2.24) is 15.1 Å². The largest absolute Gasteiger partial charge is 0.411 e. The van der Waals surface area contributed by atoms with Gasteiger partial charge in [-0.25, -0.2) is 0 Å². The van der Waals surface area contributed by atoms with Crippen molar-refractivity contribution < 1.29 is 9.21 Å². The van der Waals surface area contributed by atoms with E-state index in [1.54, 1.807) is 0 Å². The molecule has 0 unspecified atom stereocenters. The first-order valence-corrected chi connectivity index (χ1v) is 10.0. The van der Waals surface area contributed by atoms with Crippen LogP contribution in [0.15, 0.2) is 52.1 Å². The second-order valence-corrected chi connectivity index (χ2v) is 7.49. The molecule has 0 N–H and O–H groups in total. The normalized spacial score (nSPS) is 14.7. The van der Waals surface area contributed by atoms with Gasteiger partial charge in [-0.3, -0.25) is 4.79 Å². The zero-order valence-electron chi connectivity index (χ0n) is 14.6. The molecular weight excluding hydrogens is 346 g/mol. The number of fused-ring (bicyclic) bond motifs is 1. The zero-order chi connectivity index (χ0) is 17.8. The number of rotatable bonds is 5. The van der Waals surface area contributed by atoms with E-state index in [4.69, 9.17) is 4.42 Å². The number of likely N-dealkylation sites (tertiary alicyclic amines) is 1. The molecule has 0 spiro atoms. The van der Waals surface area contributed by atoms with Crippen molar-refractivity contribution in [1.29, 1.82) is 0 Å². The van der Waals surface area contributed by atoms with Crippen LogP contribution in [0.5, 0.6) is 0 Å². The van der Waals surface area contributed by atoms with E-state index >= 15 is 0 Å². The summed E-state index contributed by atoms with van der Waals surface area (Å²) in [7, 11) is 0. The van der Waals surface area contributed by atoms with Gasteiger partial charge in [0.05, 0.1) is 0 Å². The second-order valence-electron chi connectivity index (χ2n) is 6.44. The Morgan fingerprint density at radius 2 is 1.85 bits per heavy atom. The van der Waals surface area contributed by atoms with Gasteiger partial charge >= 0.3 is 0 Å². The highest BCUT2D eigenvalue weighted by atomic mass is 32.2. The Hall–Kier alpha value is -2.34. The Balaban J connectivity index is 1.39. The van der Waals surface area contributed by atoms with Gasteiger partial charge in [0.1, 0.15) is 0 Å². The number of benzene rings is 2. The van der Waals surface area contributed by atoms with Crippen LogP contribution in [0.1, 0.15) is 25.7 Å². The Bertz CT molecular complexity index is 897.